The van der Waals surface area contributed by atoms with Crippen molar-refractivity contribution in [2.45, 2.75) is 0 Å². The molecular weight excluding hydrogens is 224 g/mol. The number of rotatable bonds is 1. The van der Waals surface area contributed by atoms with E-state index < -0.39 is 0 Å². The Kier molecular flexibility index (Phi) is 2.41. The Morgan fingerprint density at radius 1 is 0.611 bits per heavy atom. The Morgan fingerprint density at radius 3 is 1.94 bits per heavy atom. The third-order valence-corrected chi connectivity index (χ3v) is 3.06. The Bertz CT molecular complexity index is 703. The van der Waals surface area contributed by atoms with Crippen LogP contribution in [0.15, 0.2) is 60.7 Å². The Hall–Kier alpha value is -2.48. The van der Waals surface area contributed by atoms with Gasteiger partial charge in [0.25, 0.3) is 0 Å². The third kappa shape index (κ3) is 1.59. The maximum absolute atomic E-state index is 10.1. The average Bonchev–Trinajstić information content (AvgIpc) is 2.40. The zero-order valence-electron chi connectivity index (χ0n) is 9.67. The summed E-state index contributed by atoms with van der Waals surface area (Å²) in [6.45, 7) is 0. The number of hydrogen-bond acceptors (Lipinski definition) is 2. The molecule has 0 aliphatic rings. The molecule has 0 saturated heterocycles. The lowest BCUT2D eigenvalue weighted by Gasteiger charge is -2.10. The lowest BCUT2D eigenvalue weighted by Crippen LogP contribution is -1.83. The van der Waals surface area contributed by atoms with Crippen LogP contribution in [0.4, 0.5) is 0 Å². The van der Waals surface area contributed by atoms with Crippen molar-refractivity contribution in [3.8, 4) is 22.6 Å². The first-order valence-corrected chi connectivity index (χ1v) is 5.76. The number of fused-ring (bicyclic) bond motifs is 1. The standard InChI is InChI=1S/C16H12O2/c17-14-10-15(18)16(11-6-2-1-3-7-11)13-9-5-4-8-12(13)14/h1-10,17-18H. The van der Waals surface area contributed by atoms with E-state index in [1.807, 2.05) is 54.6 Å². The molecule has 2 heteroatoms. The molecule has 3 rings (SSSR count). The van der Waals surface area contributed by atoms with Crippen molar-refractivity contribution in [2.75, 3.05) is 0 Å². The van der Waals surface area contributed by atoms with Crippen LogP contribution in [0.3, 0.4) is 0 Å². The van der Waals surface area contributed by atoms with Crippen LogP contribution in [0.2, 0.25) is 0 Å². The Morgan fingerprint density at radius 2 is 1.22 bits per heavy atom. The quantitative estimate of drug-likeness (QED) is 0.672. The first kappa shape index (κ1) is 10.7. The molecule has 0 amide bonds. The minimum Gasteiger partial charge on any atom is -0.507 e. The van der Waals surface area contributed by atoms with E-state index in [1.165, 1.54) is 6.07 Å². The molecule has 2 nitrogen and oxygen atoms in total. The zero-order valence-corrected chi connectivity index (χ0v) is 9.67. The fourth-order valence-corrected chi connectivity index (χ4v) is 2.25. The summed E-state index contributed by atoms with van der Waals surface area (Å²) in [6, 6.07) is 18.6. The summed E-state index contributed by atoms with van der Waals surface area (Å²) in [5.74, 6) is 0.195. The molecule has 2 N–H and O–H groups in total. The molecule has 0 aliphatic heterocycles. The summed E-state index contributed by atoms with van der Waals surface area (Å²) in [7, 11) is 0. The van der Waals surface area contributed by atoms with Crippen molar-refractivity contribution in [1.29, 1.82) is 0 Å². The number of benzene rings is 3. The summed E-state index contributed by atoms with van der Waals surface area (Å²) in [5.41, 5.74) is 1.69. The highest BCUT2D eigenvalue weighted by Gasteiger charge is 2.12. The van der Waals surface area contributed by atoms with Crippen molar-refractivity contribution < 1.29 is 10.2 Å². The van der Waals surface area contributed by atoms with Crippen LogP contribution in [0.5, 0.6) is 11.5 Å². The fraction of sp³-hybridized carbons (Fsp3) is 0. The molecule has 0 heterocycles. The first-order chi connectivity index (χ1) is 8.77. The summed E-state index contributed by atoms with van der Waals surface area (Å²) in [4.78, 5) is 0. The SMILES string of the molecule is Oc1cc(O)c2ccccc2c1-c1ccccc1. The van der Waals surface area contributed by atoms with Gasteiger partial charge in [0.2, 0.25) is 0 Å². The van der Waals surface area contributed by atoms with Crippen LogP contribution < -0.4 is 0 Å². The molecule has 3 aromatic rings. The van der Waals surface area contributed by atoms with Crippen molar-refractivity contribution in [2.24, 2.45) is 0 Å². The second-order valence-corrected chi connectivity index (χ2v) is 4.20. The van der Waals surface area contributed by atoms with Gasteiger partial charge in [-0.2, -0.15) is 0 Å². The van der Waals surface area contributed by atoms with E-state index in [4.69, 9.17) is 0 Å². The van der Waals surface area contributed by atoms with Crippen LogP contribution in [-0.4, -0.2) is 10.2 Å². The van der Waals surface area contributed by atoms with Crippen LogP contribution in [-0.2, 0) is 0 Å². The van der Waals surface area contributed by atoms with E-state index in [1.54, 1.807) is 0 Å². The maximum atomic E-state index is 10.1. The van der Waals surface area contributed by atoms with E-state index in [2.05, 4.69) is 0 Å². The topological polar surface area (TPSA) is 40.5 Å². The third-order valence-electron chi connectivity index (χ3n) is 3.06. The monoisotopic (exact) mass is 236 g/mol. The highest BCUT2D eigenvalue weighted by atomic mass is 16.3. The lowest BCUT2D eigenvalue weighted by atomic mass is 9.97. The molecule has 88 valence electrons. The van der Waals surface area contributed by atoms with Gasteiger partial charge in [0, 0.05) is 17.0 Å². The summed E-state index contributed by atoms with van der Waals surface area (Å²) in [5, 5.41) is 21.5. The van der Waals surface area contributed by atoms with Gasteiger partial charge in [0.15, 0.2) is 0 Å². The van der Waals surface area contributed by atoms with Crippen molar-refractivity contribution in [3.63, 3.8) is 0 Å². The zero-order chi connectivity index (χ0) is 12.5. The van der Waals surface area contributed by atoms with Crippen LogP contribution >= 0.6 is 0 Å². The molecule has 0 aromatic heterocycles. The number of aromatic hydroxyl groups is 2. The van der Waals surface area contributed by atoms with Crippen molar-refractivity contribution in [3.05, 3.63) is 60.7 Å². The number of phenols is 2. The molecule has 3 aromatic carbocycles. The normalized spacial score (nSPS) is 10.7. The minimum atomic E-state index is 0.0948. The molecule has 0 saturated carbocycles. The number of hydrogen-bond donors (Lipinski definition) is 2. The fourth-order valence-electron chi connectivity index (χ4n) is 2.25. The largest absolute Gasteiger partial charge is 0.507 e. The second kappa shape index (κ2) is 4.08. The molecule has 0 bridgehead atoms. The van der Waals surface area contributed by atoms with E-state index in [9.17, 15) is 10.2 Å². The van der Waals surface area contributed by atoms with Crippen molar-refractivity contribution >= 4 is 10.8 Å². The molecule has 18 heavy (non-hydrogen) atoms. The van der Waals surface area contributed by atoms with Gasteiger partial charge in [0.05, 0.1) is 0 Å². The molecule has 0 aliphatic carbocycles. The van der Waals surface area contributed by atoms with Gasteiger partial charge in [-0.15, -0.1) is 0 Å². The first-order valence-electron chi connectivity index (χ1n) is 5.76. The van der Waals surface area contributed by atoms with E-state index in [0.717, 1.165) is 21.9 Å². The van der Waals surface area contributed by atoms with Gasteiger partial charge in [-0.25, -0.2) is 0 Å². The maximum Gasteiger partial charge on any atom is 0.127 e. The van der Waals surface area contributed by atoms with Crippen molar-refractivity contribution in [1.82, 2.24) is 0 Å². The molecule has 0 fully saturated rings. The Balaban J connectivity index is 2.42. The molecular formula is C16H12O2. The minimum absolute atomic E-state index is 0.0948. The number of phenolic OH excluding ortho intramolecular Hbond substituents is 2. The van der Waals surface area contributed by atoms with Gasteiger partial charge in [0.1, 0.15) is 11.5 Å². The molecule has 0 atom stereocenters. The predicted molar refractivity (Wildman–Crippen MR) is 72.7 cm³/mol. The van der Waals surface area contributed by atoms with E-state index in [-0.39, 0.29) is 11.5 Å². The van der Waals surface area contributed by atoms with E-state index >= 15 is 0 Å². The van der Waals surface area contributed by atoms with Gasteiger partial charge in [-0.3, -0.25) is 0 Å². The molecule has 0 spiro atoms. The van der Waals surface area contributed by atoms with Gasteiger partial charge in [-0.05, 0) is 10.9 Å². The summed E-state index contributed by atoms with van der Waals surface area (Å²) in [6.07, 6.45) is 0. The lowest BCUT2D eigenvalue weighted by molar-refractivity contribution is 0.456. The van der Waals surface area contributed by atoms with Crippen LogP contribution in [0, 0.1) is 0 Å². The molecule has 0 radical (unpaired) electrons. The van der Waals surface area contributed by atoms with Gasteiger partial charge < -0.3 is 10.2 Å². The van der Waals surface area contributed by atoms with Crippen LogP contribution in [0.25, 0.3) is 21.9 Å². The second-order valence-electron chi connectivity index (χ2n) is 4.20. The van der Waals surface area contributed by atoms with Crippen LogP contribution in [0.1, 0.15) is 0 Å². The van der Waals surface area contributed by atoms with Gasteiger partial charge in [-0.1, -0.05) is 54.6 Å². The smallest absolute Gasteiger partial charge is 0.127 e. The molecule has 0 unspecified atom stereocenters. The predicted octanol–water partition coefficient (Wildman–Crippen LogP) is 3.92. The summed E-state index contributed by atoms with van der Waals surface area (Å²) >= 11 is 0. The van der Waals surface area contributed by atoms with Gasteiger partial charge >= 0.3 is 0 Å². The van der Waals surface area contributed by atoms with E-state index in [0.29, 0.717) is 0 Å². The Labute approximate surface area is 105 Å². The average molecular weight is 236 g/mol. The highest BCUT2D eigenvalue weighted by molar-refractivity contribution is 6.02. The highest BCUT2D eigenvalue weighted by Crippen LogP contribution is 2.40. The summed E-state index contributed by atoms with van der Waals surface area (Å²) < 4.78 is 0.